The van der Waals surface area contributed by atoms with Crippen LogP contribution in [0.5, 0.6) is 5.88 Å². The third kappa shape index (κ3) is 4.40. The zero-order valence-corrected chi connectivity index (χ0v) is 18.6. The van der Waals surface area contributed by atoms with Crippen LogP contribution in [-0.4, -0.2) is 74.8 Å². The first-order valence-corrected chi connectivity index (χ1v) is 11.0. The number of carbonyl (C=O) groups is 1. The molecule has 5 rings (SSSR count). The highest BCUT2D eigenvalue weighted by Gasteiger charge is 2.34. The van der Waals surface area contributed by atoms with Crippen molar-refractivity contribution < 1.29 is 18.3 Å². The molecule has 12 heteroatoms. The van der Waals surface area contributed by atoms with Crippen molar-refractivity contribution >= 4 is 11.7 Å². The monoisotopic (exact) mass is 470 g/mol. The fourth-order valence-corrected chi connectivity index (χ4v) is 4.21. The molecule has 2 aliphatic heterocycles. The molecule has 2 aromatic heterocycles. The van der Waals surface area contributed by atoms with Crippen molar-refractivity contribution in [2.45, 2.75) is 26.0 Å². The van der Waals surface area contributed by atoms with Crippen LogP contribution in [-0.2, 0) is 11.4 Å². The summed E-state index contributed by atoms with van der Waals surface area (Å²) in [7, 11) is 0. The van der Waals surface area contributed by atoms with Gasteiger partial charge in [0.1, 0.15) is 12.3 Å². The molecule has 0 aliphatic carbocycles. The Kier molecular flexibility index (Phi) is 6.05. The molecule has 0 saturated carbocycles. The minimum atomic E-state index is -2.53. The zero-order valence-electron chi connectivity index (χ0n) is 18.6. The van der Waals surface area contributed by atoms with E-state index >= 15 is 0 Å². The number of nitrogens with one attached hydrogen (secondary N) is 1. The number of rotatable bonds is 6. The molecule has 10 nitrogen and oxygen atoms in total. The number of halogens is 2. The van der Waals surface area contributed by atoms with Gasteiger partial charge in [-0.05, 0) is 25.1 Å². The molecule has 178 valence electrons. The molecule has 3 aromatic rings. The normalized spacial score (nSPS) is 18.4. The molecule has 1 atom stereocenters. The number of fused-ring (bicyclic) bond motifs is 1. The van der Waals surface area contributed by atoms with E-state index in [1.165, 1.54) is 12.1 Å². The minimum Gasteiger partial charge on any atom is -0.470 e. The summed E-state index contributed by atoms with van der Waals surface area (Å²) in [5.41, 5.74) is 1.87. The molecule has 1 unspecified atom stereocenters. The first-order chi connectivity index (χ1) is 16.5. The van der Waals surface area contributed by atoms with Gasteiger partial charge in [0.2, 0.25) is 11.8 Å². The predicted octanol–water partition coefficient (Wildman–Crippen LogP) is 1.50. The van der Waals surface area contributed by atoms with Crippen molar-refractivity contribution in [3.8, 4) is 11.6 Å². The third-order valence-electron chi connectivity index (χ3n) is 6.08. The van der Waals surface area contributed by atoms with Gasteiger partial charge in [-0.1, -0.05) is 17.3 Å². The van der Waals surface area contributed by atoms with E-state index in [0.29, 0.717) is 35.3 Å². The second-order valence-electron chi connectivity index (χ2n) is 8.27. The van der Waals surface area contributed by atoms with Gasteiger partial charge in [0, 0.05) is 37.8 Å². The third-order valence-corrected chi connectivity index (χ3v) is 6.08. The molecule has 1 aromatic carbocycles. The molecule has 34 heavy (non-hydrogen) atoms. The van der Waals surface area contributed by atoms with E-state index in [2.05, 4.69) is 25.8 Å². The number of nitrogens with zero attached hydrogens (tertiary/aromatic N) is 7. The van der Waals surface area contributed by atoms with Crippen molar-refractivity contribution in [3.05, 3.63) is 53.3 Å². The number of hydrogen-bond acceptors (Lipinski definition) is 8. The molecule has 1 amide bonds. The second-order valence-corrected chi connectivity index (χ2v) is 8.27. The molecule has 2 aliphatic rings. The molecule has 2 saturated heterocycles. The van der Waals surface area contributed by atoms with Crippen molar-refractivity contribution in [3.63, 3.8) is 0 Å². The van der Waals surface area contributed by atoms with E-state index < -0.39 is 6.43 Å². The highest BCUT2D eigenvalue weighted by Crippen LogP contribution is 2.23. The molecule has 0 bridgehead atoms. The number of benzene rings is 1. The number of piperazine rings is 2. The average molecular weight is 470 g/mol. The van der Waals surface area contributed by atoms with Crippen LogP contribution < -0.4 is 15.0 Å². The zero-order chi connectivity index (χ0) is 23.7. The summed E-state index contributed by atoms with van der Waals surface area (Å²) in [5, 5.41) is 19.9. The van der Waals surface area contributed by atoms with Crippen molar-refractivity contribution in [2.24, 2.45) is 0 Å². The number of aryl methyl sites for hydroxylation is 1. The maximum absolute atomic E-state index is 12.8. The Labute approximate surface area is 194 Å². The number of anilines is 1. The Morgan fingerprint density at radius 1 is 1.15 bits per heavy atom. The van der Waals surface area contributed by atoms with E-state index in [0.717, 1.165) is 19.6 Å². The second kappa shape index (κ2) is 9.29. The van der Waals surface area contributed by atoms with Crippen molar-refractivity contribution in [2.75, 3.05) is 37.6 Å². The maximum atomic E-state index is 12.8. The SMILES string of the molecule is Cc1nnn(-c2ccc(C(F)F)cc2)c1COc1ccc(N2CC(=O)N3CCNCC3C2)nn1. The minimum absolute atomic E-state index is 0.0587. The lowest BCUT2D eigenvalue weighted by Gasteiger charge is -2.44. The van der Waals surface area contributed by atoms with Gasteiger partial charge in [0.05, 0.1) is 24.0 Å². The number of hydrogen-bond donors (Lipinski definition) is 1. The highest BCUT2D eigenvalue weighted by molar-refractivity contribution is 5.83. The number of ether oxygens (including phenoxy) is 1. The molecular formula is C22H24F2N8O2. The van der Waals surface area contributed by atoms with E-state index in [1.807, 2.05) is 9.80 Å². The van der Waals surface area contributed by atoms with Crippen LogP contribution in [0.1, 0.15) is 23.4 Å². The van der Waals surface area contributed by atoms with Gasteiger partial charge in [-0.15, -0.1) is 15.3 Å². The highest BCUT2D eigenvalue weighted by atomic mass is 19.3. The number of aromatic nitrogens is 5. The average Bonchev–Trinajstić information content (AvgIpc) is 3.23. The van der Waals surface area contributed by atoms with Gasteiger partial charge < -0.3 is 19.9 Å². The summed E-state index contributed by atoms with van der Waals surface area (Å²) in [6.45, 7) is 5.21. The van der Waals surface area contributed by atoms with E-state index in [1.54, 1.807) is 35.9 Å². The van der Waals surface area contributed by atoms with E-state index in [9.17, 15) is 13.6 Å². The smallest absolute Gasteiger partial charge is 0.263 e. The standard InChI is InChI=1S/C22H24F2N8O2/c1-14-18(32(29-26-14)16-4-2-15(3-5-16)22(23)24)13-34-20-7-6-19(27-28-20)30-11-17-10-25-8-9-31(17)21(33)12-30/h2-7,17,22,25H,8-13H2,1H3. The first kappa shape index (κ1) is 22.1. The molecule has 0 spiro atoms. The fraction of sp³-hybridized carbons (Fsp3) is 0.409. The Bertz CT molecular complexity index is 1150. The summed E-state index contributed by atoms with van der Waals surface area (Å²) >= 11 is 0. The summed E-state index contributed by atoms with van der Waals surface area (Å²) in [5.74, 6) is 1.03. The summed E-state index contributed by atoms with van der Waals surface area (Å²) < 4.78 is 33.0. The molecule has 4 heterocycles. The summed E-state index contributed by atoms with van der Waals surface area (Å²) in [6, 6.07) is 9.47. The maximum Gasteiger partial charge on any atom is 0.263 e. The Morgan fingerprint density at radius 3 is 2.71 bits per heavy atom. The molecule has 2 fully saturated rings. The van der Waals surface area contributed by atoms with Crippen LogP contribution in [0.25, 0.3) is 5.69 Å². The Balaban J connectivity index is 1.25. The van der Waals surface area contributed by atoms with Crippen LogP contribution >= 0.6 is 0 Å². The lowest BCUT2D eigenvalue weighted by molar-refractivity contribution is -0.134. The van der Waals surface area contributed by atoms with Gasteiger partial charge in [0.15, 0.2) is 5.82 Å². The fourth-order valence-electron chi connectivity index (χ4n) is 4.21. The van der Waals surface area contributed by atoms with Gasteiger partial charge in [-0.25, -0.2) is 13.5 Å². The van der Waals surface area contributed by atoms with E-state index in [4.69, 9.17) is 4.74 Å². The predicted molar refractivity (Wildman–Crippen MR) is 118 cm³/mol. The lowest BCUT2D eigenvalue weighted by atomic mass is 10.1. The number of carbonyl (C=O) groups excluding carboxylic acids is 1. The topological polar surface area (TPSA) is 101 Å². The lowest BCUT2D eigenvalue weighted by Crippen LogP contribution is -2.63. The van der Waals surface area contributed by atoms with Crippen LogP contribution in [0.3, 0.4) is 0 Å². The van der Waals surface area contributed by atoms with Crippen LogP contribution in [0, 0.1) is 6.92 Å². The number of amides is 1. The summed E-state index contributed by atoms with van der Waals surface area (Å²) in [4.78, 5) is 16.3. The molecular weight excluding hydrogens is 446 g/mol. The first-order valence-electron chi connectivity index (χ1n) is 11.0. The van der Waals surface area contributed by atoms with Gasteiger partial charge in [-0.2, -0.15) is 0 Å². The molecule has 0 radical (unpaired) electrons. The van der Waals surface area contributed by atoms with E-state index in [-0.39, 0.29) is 30.7 Å². The van der Waals surface area contributed by atoms with Crippen LogP contribution in [0.2, 0.25) is 0 Å². The van der Waals surface area contributed by atoms with Crippen LogP contribution in [0.15, 0.2) is 36.4 Å². The Morgan fingerprint density at radius 2 is 1.97 bits per heavy atom. The van der Waals surface area contributed by atoms with Crippen LogP contribution in [0.4, 0.5) is 14.6 Å². The summed E-state index contributed by atoms with van der Waals surface area (Å²) in [6.07, 6.45) is -2.53. The Hall–Kier alpha value is -3.67. The van der Waals surface area contributed by atoms with Gasteiger partial charge >= 0.3 is 0 Å². The van der Waals surface area contributed by atoms with Crippen molar-refractivity contribution in [1.82, 2.24) is 35.4 Å². The molecule has 1 N–H and O–H groups in total. The van der Waals surface area contributed by atoms with Crippen molar-refractivity contribution in [1.29, 1.82) is 0 Å². The quantitative estimate of drug-likeness (QED) is 0.579. The van der Waals surface area contributed by atoms with Gasteiger partial charge in [-0.3, -0.25) is 4.79 Å². The van der Waals surface area contributed by atoms with Gasteiger partial charge in [0.25, 0.3) is 6.43 Å². The number of alkyl halides is 2. The largest absolute Gasteiger partial charge is 0.470 e.